The quantitative estimate of drug-likeness (QED) is 0.359. The topological polar surface area (TPSA) is 67.2 Å². The standard InChI is InChI=1S/C28H23N3O2/c32-27-17-26(25-13-6-14-30-28(25)31(27)33)24-12-5-11-23(16-24)22-10-4-9-21(15-22)19-29-18-20-7-2-1-3-8-20/h1-17,29,33H,18-19H2. The lowest BCUT2D eigenvalue weighted by atomic mass is 9.97. The van der Waals surface area contributed by atoms with Crippen LogP contribution in [0.4, 0.5) is 0 Å². The Morgan fingerprint density at radius 1 is 0.727 bits per heavy atom. The van der Waals surface area contributed by atoms with Crippen molar-refractivity contribution in [2.75, 3.05) is 0 Å². The molecule has 162 valence electrons. The van der Waals surface area contributed by atoms with E-state index in [9.17, 15) is 10.0 Å². The molecule has 0 aliphatic heterocycles. The average molecular weight is 434 g/mol. The van der Waals surface area contributed by atoms with Gasteiger partial charge in [0.1, 0.15) is 0 Å². The van der Waals surface area contributed by atoms with Crippen molar-refractivity contribution in [1.82, 2.24) is 15.0 Å². The van der Waals surface area contributed by atoms with Crippen LogP contribution in [0.1, 0.15) is 11.1 Å². The summed E-state index contributed by atoms with van der Waals surface area (Å²) in [4.78, 5) is 16.5. The lowest BCUT2D eigenvalue weighted by Gasteiger charge is -2.11. The minimum atomic E-state index is -0.506. The summed E-state index contributed by atoms with van der Waals surface area (Å²) >= 11 is 0. The highest BCUT2D eigenvalue weighted by Gasteiger charge is 2.11. The number of fused-ring (bicyclic) bond motifs is 1. The Kier molecular flexibility index (Phi) is 5.70. The fourth-order valence-electron chi connectivity index (χ4n) is 4.06. The highest BCUT2D eigenvalue weighted by atomic mass is 16.5. The molecule has 0 fully saturated rings. The Balaban J connectivity index is 1.44. The van der Waals surface area contributed by atoms with E-state index in [2.05, 4.69) is 58.8 Å². The molecule has 5 nitrogen and oxygen atoms in total. The van der Waals surface area contributed by atoms with Crippen molar-refractivity contribution >= 4 is 11.0 Å². The van der Waals surface area contributed by atoms with E-state index >= 15 is 0 Å². The van der Waals surface area contributed by atoms with Crippen molar-refractivity contribution in [1.29, 1.82) is 0 Å². The van der Waals surface area contributed by atoms with Gasteiger partial charge >= 0.3 is 0 Å². The molecule has 5 aromatic rings. The zero-order valence-electron chi connectivity index (χ0n) is 18.0. The van der Waals surface area contributed by atoms with Crippen LogP contribution in [0.25, 0.3) is 33.3 Å². The number of hydrogen-bond acceptors (Lipinski definition) is 4. The van der Waals surface area contributed by atoms with Gasteiger partial charge in [-0.1, -0.05) is 66.7 Å². The fourth-order valence-corrected chi connectivity index (χ4v) is 4.06. The minimum Gasteiger partial charge on any atom is -0.423 e. The molecule has 5 heteroatoms. The molecule has 5 rings (SSSR count). The average Bonchev–Trinajstić information content (AvgIpc) is 2.87. The molecule has 0 amide bonds. The van der Waals surface area contributed by atoms with Crippen molar-refractivity contribution in [2.24, 2.45) is 0 Å². The van der Waals surface area contributed by atoms with Gasteiger partial charge < -0.3 is 10.5 Å². The summed E-state index contributed by atoms with van der Waals surface area (Å²) < 4.78 is 0.592. The molecule has 0 radical (unpaired) electrons. The zero-order valence-corrected chi connectivity index (χ0v) is 18.0. The molecule has 0 saturated heterocycles. The van der Waals surface area contributed by atoms with Crippen molar-refractivity contribution in [2.45, 2.75) is 13.1 Å². The zero-order chi connectivity index (χ0) is 22.6. The number of rotatable bonds is 6. The van der Waals surface area contributed by atoms with Crippen LogP contribution in [0.15, 0.2) is 108 Å². The maximum absolute atomic E-state index is 12.3. The summed E-state index contributed by atoms with van der Waals surface area (Å²) in [5, 5.41) is 14.3. The lowest BCUT2D eigenvalue weighted by Crippen LogP contribution is -2.18. The predicted octanol–water partition coefficient (Wildman–Crippen LogP) is 5.26. The van der Waals surface area contributed by atoms with Crippen LogP contribution in [-0.4, -0.2) is 14.9 Å². The lowest BCUT2D eigenvalue weighted by molar-refractivity contribution is 0.187. The first-order chi connectivity index (χ1) is 16.2. The molecule has 3 aromatic carbocycles. The van der Waals surface area contributed by atoms with Gasteiger partial charge in [-0.3, -0.25) is 4.79 Å². The molecule has 2 aromatic heterocycles. The van der Waals surface area contributed by atoms with Gasteiger partial charge in [0.05, 0.1) is 0 Å². The van der Waals surface area contributed by atoms with Crippen molar-refractivity contribution < 1.29 is 5.21 Å². The van der Waals surface area contributed by atoms with Crippen molar-refractivity contribution in [3.05, 3.63) is 125 Å². The number of hydrogen-bond donors (Lipinski definition) is 2. The Bertz CT molecular complexity index is 1480. The molecule has 0 aliphatic carbocycles. The second kappa shape index (κ2) is 9.10. The first-order valence-corrected chi connectivity index (χ1v) is 10.8. The number of pyridine rings is 2. The van der Waals surface area contributed by atoms with E-state index < -0.39 is 5.56 Å². The SMILES string of the molecule is O=c1cc(-c2cccc(-c3cccc(CNCc4ccccc4)c3)c2)c2cccnc2n1O. The maximum Gasteiger partial charge on any atom is 0.285 e. The Hall–Kier alpha value is -4.22. The summed E-state index contributed by atoms with van der Waals surface area (Å²) in [5.74, 6) is 0. The number of nitrogens with zero attached hydrogens (tertiary/aromatic N) is 2. The van der Waals surface area contributed by atoms with Crippen LogP contribution < -0.4 is 10.9 Å². The van der Waals surface area contributed by atoms with Crippen LogP contribution in [0.5, 0.6) is 0 Å². The van der Waals surface area contributed by atoms with E-state index in [1.807, 2.05) is 36.4 Å². The fraction of sp³-hybridized carbons (Fsp3) is 0.0714. The molecule has 33 heavy (non-hydrogen) atoms. The normalized spacial score (nSPS) is 11.0. The summed E-state index contributed by atoms with van der Waals surface area (Å²) in [7, 11) is 0. The largest absolute Gasteiger partial charge is 0.423 e. The van der Waals surface area contributed by atoms with Gasteiger partial charge in [-0.2, -0.15) is 0 Å². The van der Waals surface area contributed by atoms with E-state index in [4.69, 9.17) is 0 Å². The maximum atomic E-state index is 12.3. The number of aromatic nitrogens is 2. The first-order valence-electron chi connectivity index (χ1n) is 10.8. The first kappa shape index (κ1) is 20.7. The molecular weight excluding hydrogens is 410 g/mol. The van der Waals surface area contributed by atoms with Gasteiger partial charge in [0.15, 0.2) is 5.65 Å². The molecule has 0 spiro atoms. The molecule has 2 N–H and O–H groups in total. The van der Waals surface area contributed by atoms with Gasteiger partial charge in [-0.05, 0) is 57.6 Å². The second-order valence-corrected chi connectivity index (χ2v) is 7.95. The predicted molar refractivity (Wildman–Crippen MR) is 131 cm³/mol. The van der Waals surface area contributed by atoms with Gasteiger partial charge in [0.2, 0.25) is 0 Å². The summed E-state index contributed by atoms with van der Waals surface area (Å²) in [5.41, 5.74) is 6.01. The van der Waals surface area contributed by atoms with E-state index in [1.165, 1.54) is 17.2 Å². The minimum absolute atomic E-state index is 0.247. The highest BCUT2D eigenvalue weighted by molar-refractivity contribution is 5.93. The molecule has 0 saturated carbocycles. The highest BCUT2D eigenvalue weighted by Crippen LogP contribution is 2.30. The van der Waals surface area contributed by atoms with Crippen LogP contribution in [0, 0.1) is 0 Å². The number of benzene rings is 3. The van der Waals surface area contributed by atoms with Crippen LogP contribution in [0.3, 0.4) is 0 Å². The third-order valence-corrected chi connectivity index (χ3v) is 5.69. The third kappa shape index (κ3) is 4.40. The molecule has 0 bridgehead atoms. The molecule has 2 heterocycles. The van der Waals surface area contributed by atoms with Crippen LogP contribution in [-0.2, 0) is 13.1 Å². The molecular formula is C28H23N3O2. The van der Waals surface area contributed by atoms with Gasteiger partial charge in [0.25, 0.3) is 5.56 Å². The Morgan fingerprint density at radius 2 is 1.42 bits per heavy atom. The van der Waals surface area contributed by atoms with Gasteiger partial charge in [-0.15, -0.1) is 4.73 Å². The molecule has 0 aliphatic rings. The molecule has 0 atom stereocenters. The Morgan fingerprint density at radius 3 is 2.27 bits per heavy atom. The summed E-state index contributed by atoms with van der Waals surface area (Å²) in [6.45, 7) is 1.59. The van der Waals surface area contributed by atoms with E-state index in [1.54, 1.807) is 12.3 Å². The number of nitrogens with one attached hydrogen (secondary N) is 1. The van der Waals surface area contributed by atoms with Crippen LogP contribution in [0.2, 0.25) is 0 Å². The second-order valence-electron chi connectivity index (χ2n) is 7.95. The van der Waals surface area contributed by atoms with E-state index in [0.29, 0.717) is 4.73 Å². The van der Waals surface area contributed by atoms with E-state index in [0.717, 1.165) is 40.7 Å². The van der Waals surface area contributed by atoms with Crippen LogP contribution >= 0.6 is 0 Å². The van der Waals surface area contributed by atoms with E-state index in [-0.39, 0.29) is 5.65 Å². The monoisotopic (exact) mass is 433 g/mol. The Labute approximate surface area is 191 Å². The van der Waals surface area contributed by atoms with Gasteiger partial charge in [0, 0.05) is 30.7 Å². The summed E-state index contributed by atoms with van der Waals surface area (Å²) in [6, 6.07) is 32.0. The van der Waals surface area contributed by atoms with Crippen molar-refractivity contribution in [3.8, 4) is 22.3 Å². The van der Waals surface area contributed by atoms with Gasteiger partial charge in [-0.25, -0.2) is 4.98 Å². The third-order valence-electron chi connectivity index (χ3n) is 5.69. The molecule has 0 unspecified atom stereocenters. The smallest absolute Gasteiger partial charge is 0.285 e. The van der Waals surface area contributed by atoms with Crippen molar-refractivity contribution in [3.63, 3.8) is 0 Å². The summed E-state index contributed by atoms with van der Waals surface area (Å²) in [6.07, 6.45) is 1.56.